The molecule has 0 amide bonds. The monoisotopic (exact) mass is 390 g/mol. The van der Waals surface area contributed by atoms with E-state index in [1.807, 2.05) is 29.3 Å². The molecule has 1 saturated heterocycles. The van der Waals surface area contributed by atoms with Gasteiger partial charge in [-0.3, -0.25) is 10.3 Å². The summed E-state index contributed by atoms with van der Waals surface area (Å²) >= 11 is 0. The zero-order valence-corrected chi connectivity index (χ0v) is 16.7. The van der Waals surface area contributed by atoms with Crippen LogP contribution >= 0.6 is 0 Å². The Morgan fingerprint density at radius 1 is 1.36 bits per heavy atom. The van der Waals surface area contributed by atoms with E-state index in [1.54, 1.807) is 7.11 Å². The van der Waals surface area contributed by atoms with E-state index < -0.39 is 6.41 Å². The van der Waals surface area contributed by atoms with Gasteiger partial charge in [-0.15, -0.1) is 0 Å². The lowest BCUT2D eigenvalue weighted by atomic mass is 9.79. The Morgan fingerprint density at radius 2 is 2.11 bits per heavy atom. The van der Waals surface area contributed by atoms with Gasteiger partial charge in [-0.2, -0.15) is 5.11 Å². The summed E-state index contributed by atoms with van der Waals surface area (Å²) in [5.41, 5.74) is 0.953. The van der Waals surface area contributed by atoms with Crippen LogP contribution in [0.15, 0.2) is 34.6 Å². The molecule has 2 fully saturated rings. The summed E-state index contributed by atoms with van der Waals surface area (Å²) in [6.07, 6.45) is 0.517. The van der Waals surface area contributed by atoms with Crippen molar-refractivity contribution in [2.45, 2.75) is 63.4 Å². The van der Waals surface area contributed by atoms with Crippen LogP contribution < -0.4 is 10.1 Å². The van der Waals surface area contributed by atoms with Gasteiger partial charge in [0.25, 0.3) is 0 Å². The minimum absolute atomic E-state index is 0.0330. The SMILES string of the molecule is COc1ccc(CN2N=NC3C(OC(O)NCC(C)C)CCC4(CO4)C32)cc1. The fraction of sp³-hybridized carbons (Fsp3) is 0.700. The van der Waals surface area contributed by atoms with Crippen LogP contribution in [0.5, 0.6) is 5.75 Å². The molecule has 0 radical (unpaired) electrons. The molecule has 0 bridgehead atoms. The maximum Gasteiger partial charge on any atom is 0.213 e. The highest BCUT2D eigenvalue weighted by atomic mass is 16.6. The van der Waals surface area contributed by atoms with E-state index in [9.17, 15) is 5.11 Å². The molecule has 8 heteroatoms. The van der Waals surface area contributed by atoms with Crippen molar-refractivity contribution in [1.29, 1.82) is 0 Å². The molecule has 4 rings (SSSR count). The first-order chi connectivity index (χ1) is 13.5. The van der Waals surface area contributed by atoms with E-state index in [4.69, 9.17) is 14.2 Å². The van der Waals surface area contributed by atoms with Crippen LogP contribution in [0.2, 0.25) is 0 Å². The Kier molecular flexibility index (Phi) is 5.55. The fourth-order valence-corrected chi connectivity index (χ4v) is 4.14. The van der Waals surface area contributed by atoms with Crippen molar-refractivity contribution in [3.63, 3.8) is 0 Å². The van der Waals surface area contributed by atoms with Crippen molar-refractivity contribution in [3.05, 3.63) is 29.8 Å². The first-order valence-corrected chi connectivity index (χ1v) is 10.0. The predicted octanol–water partition coefficient (Wildman–Crippen LogP) is 2.08. The molecule has 1 aromatic rings. The van der Waals surface area contributed by atoms with Crippen molar-refractivity contribution in [3.8, 4) is 5.75 Å². The van der Waals surface area contributed by atoms with Gasteiger partial charge in [0.15, 0.2) is 0 Å². The number of nitrogens with one attached hydrogen (secondary N) is 1. The topological polar surface area (TPSA) is 91.2 Å². The molecule has 2 N–H and O–H groups in total. The molecule has 2 heterocycles. The number of hydrogen-bond acceptors (Lipinski definition) is 8. The molecule has 5 unspecified atom stereocenters. The lowest BCUT2D eigenvalue weighted by Crippen LogP contribution is -2.56. The van der Waals surface area contributed by atoms with Gasteiger partial charge in [-0.05, 0) is 36.5 Å². The van der Waals surface area contributed by atoms with Gasteiger partial charge in [0.2, 0.25) is 6.41 Å². The van der Waals surface area contributed by atoms with Gasteiger partial charge in [-0.1, -0.05) is 31.2 Å². The average molecular weight is 390 g/mol. The number of hydrogen-bond donors (Lipinski definition) is 2. The number of epoxide rings is 1. The van der Waals surface area contributed by atoms with Gasteiger partial charge in [0, 0.05) is 6.54 Å². The van der Waals surface area contributed by atoms with Crippen molar-refractivity contribution in [2.75, 3.05) is 20.3 Å². The molecule has 1 aromatic carbocycles. The van der Waals surface area contributed by atoms with Crippen LogP contribution in [-0.2, 0) is 16.0 Å². The van der Waals surface area contributed by atoms with E-state index in [1.165, 1.54) is 0 Å². The zero-order valence-electron chi connectivity index (χ0n) is 16.7. The molecule has 5 atom stereocenters. The highest BCUT2D eigenvalue weighted by Gasteiger charge is 2.63. The number of aliphatic hydroxyl groups excluding tert-OH is 1. The molecular weight excluding hydrogens is 360 g/mol. The molecule has 0 aromatic heterocycles. The van der Waals surface area contributed by atoms with Crippen LogP contribution in [0.4, 0.5) is 0 Å². The number of ether oxygens (including phenoxy) is 3. The first-order valence-electron chi connectivity index (χ1n) is 10.0. The number of nitrogens with zero attached hydrogens (tertiary/aromatic N) is 3. The molecule has 1 saturated carbocycles. The third-order valence-corrected chi connectivity index (χ3v) is 5.74. The fourth-order valence-electron chi connectivity index (χ4n) is 4.14. The number of benzene rings is 1. The molecule has 1 spiro atoms. The number of fused-ring (bicyclic) bond motifs is 2. The average Bonchev–Trinajstić information content (AvgIpc) is 3.33. The van der Waals surface area contributed by atoms with Gasteiger partial charge in [0.05, 0.1) is 26.4 Å². The van der Waals surface area contributed by atoms with Gasteiger partial charge < -0.3 is 19.3 Å². The van der Waals surface area contributed by atoms with Crippen molar-refractivity contribution in [2.24, 2.45) is 16.3 Å². The molecule has 154 valence electrons. The second-order valence-electron chi connectivity index (χ2n) is 8.31. The normalized spacial score (nSPS) is 32.0. The van der Waals surface area contributed by atoms with Crippen LogP contribution in [0.1, 0.15) is 32.3 Å². The van der Waals surface area contributed by atoms with Crippen molar-refractivity contribution in [1.82, 2.24) is 10.3 Å². The third kappa shape index (κ3) is 4.00. The molecular formula is C20H30N4O4. The van der Waals surface area contributed by atoms with Crippen LogP contribution in [0, 0.1) is 5.92 Å². The Labute approximate surface area is 165 Å². The Balaban J connectivity index is 1.42. The van der Waals surface area contributed by atoms with Gasteiger partial charge >= 0.3 is 0 Å². The van der Waals surface area contributed by atoms with E-state index in [0.717, 1.165) is 30.8 Å². The van der Waals surface area contributed by atoms with Crippen LogP contribution in [0.3, 0.4) is 0 Å². The van der Waals surface area contributed by atoms with E-state index >= 15 is 0 Å². The van der Waals surface area contributed by atoms with Crippen molar-refractivity contribution >= 4 is 0 Å². The second kappa shape index (κ2) is 7.94. The Bertz CT molecular complexity index is 692. The Morgan fingerprint density at radius 3 is 2.75 bits per heavy atom. The lowest BCUT2D eigenvalue weighted by Gasteiger charge is -2.39. The summed E-state index contributed by atoms with van der Waals surface area (Å²) in [6.45, 7) is 6.26. The minimum atomic E-state index is -0.993. The van der Waals surface area contributed by atoms with E-state index in [0.29, 0.717) is 19.0 Å². The van der Waals surface area contributed by atoms with Crippen LogP contribution in [-0.4, -0.2) is 60.6 Å². The van der Waals surface area contributed by atoms with E-state index in [-0.39, 0.29) is 23.8 Å². The van der Waals surface area contributed by atoms with Gasteiger partial charge in [0.1, 0.15) is 23.4 Å². The highest BCUT2D eigenvalue weighted by Crippen LogP contribution is 2.48. The second-order valence-corrected chi connectivity index (χ2v) is 8.31. The number of methoxy groups -OCH3 is 1. The summed E-state index contributed by atoms with van der Waals surface area (Å²) in [6, 6.07) is 7.88. The standard InChI is InChI=1S/C20H30N4O4/c1-13(2)10-21-19(25)28-16-8-9-20(12-27-20)18-17(16)22-23-24(18)11-14-4-6-15(26-3)7-5-14/h4-7,13,16-19,21,25H,8-12H2,1-3H3. The number of aliphatic hydroxyl groups is 1. The smallest absolute Gasteiger partial charge is 0.213 e. The first kappa shape index (κ1) is 19.6. The van der Waals surface area contributed by atoms with E-state index in [2.05, 4.69) is 29.5 Å². The third-order valence-electron chi connectivity index (χ3n) is 5.74. The maximum atomic E-state index is 10.2. The maximum absolute atomic E-state index is 10.2. The van der Waals surface area contributed by atoms with Crippen molar-refractivity contribution < 1.29 is 19.3 Å². The summed E-state index contributed by atoms with van der Waals surface area (Å²) in [4.78, 5) is 0. The largest absolute Gasteiger partial charge is 0.497 e. The molecule has 2 aliphatic heterocycles. The summed E-state index contributed by atoms with van der Waals surface area (Å²) in [7, 11) is 1.66. The minimum Gasteiger partial charge on any atom is -0.497 e. The van der Waals surface area contributed by atoms with Crippen LogP contribution in [0.25, 0.3) is 0 Å². The number of rotatable bonds is 8. The zero-order chi connectivity index (χ0) is 19.7. The highest BCUT2D eigenvalue weighted by molar-refractivity contribution is 5.27. The molecule has 1 aliphatic carbocycles. The molecule has 8 nitrogen and oxygen atoms in total. The summed E-state index contributed by atoms with van der Waals surface area (Å²) in [5.74, 6) is 1.27. The summed E-state index contributed by atoms with van der Waals surface area (Å²) < 4.78 is 17.0. The molecule has 28 heavy (non-hydrogen) atoms. The molecule has 3 aliphatic rings. The van der Waals surface area contributed by atoms with Gasteiger partial charge in [-0.25, -0.2) is 0 Å². The quantitative estimate of drug-likeness (QED) is 0.522. The predicted molar refractivity (Wildman–Crippen MR) is 103 cm³/mol. The lowest BCUT2D eigenvalue weighted by molar-refractivity contribution is -0.173. The summed E-state index contributed by atoms with van der Waals surface area (Å²) in [5, 5.41) is 24.2. The Hall–Kier alpha value is -1.74.